The summed E-state index contributed by atoms with van der Waals surface area (Å²) in [7, 11) is 0. The molecule has 0 saturated carbocycles. The second kappa shape index (κ2) is 7.22. The molecule has 2 rings (SSSR count). The van der Waals surface area contributed by atoms with Crippen molar-refractivity contribution in [1.29, 1.82) is 0 Å². The molecule has 1 atom stereocenters. The number of hydrazine groups is 1. The Labute approximate surface area is 129 Å². The van der Waals surface area contributed by atoms with Crippen molar-refractivity contribution in [2.24, 2.45) is 5.84 Å². The summed E-state index contributed by atoms with van der Waals surface area (Å²) in [4.78, 5) is 7.15. The Morgan fingerprint density at radius 3 is 2.50 bits per heavy atom. The topological polar surface area (TPSA) is 50.9 Å². The predicted molar refractivity (Wildman–Crippen MR) is 88.3 cm³/mol. The van der Waals surface area contributed by atoms with Crippen molar-refractivity contribution in [3.63, 3.8) is 0 Å². The maximum absolute atomic E-state index is 5.67. The number of aryl methyl sites for hydroxylation is 3. The average molecular weight is 307 g/mol. The molecule has 2 aromatic rings. The van der Waals surface area contributed by atoms with E-state index >= 15 is 0 Å². The molecule has 1 unspecified atom stereocenters. The number of benzene rings is 1. The maximum atomic E-state index is 5.67. The van der Waals surface area contributed by atoms with E-state index in [4.69, 9.17) is 5.84 Å². The average Bonchev–Trinajstić information content (AvgIpc) is 2.75. The van der Waals surface area contributed by atoms with Crippen LogP contribution < -0.4 is 11.3 Å². The molecule has 1 heterocycles. The van der Waals surface area contributed by atoms with E-state index in [1.807, 2.05) is 11.8 Å². The Hall–Kier alpha value is -0.880. The minimum atomic E-state index is 0.242. The van der Waals surface area contributed by atoms with E-state index in [0.717, 1.165) is 22.9 Å². The number of rotatable bonds is 6. The molecule has 5 heteroatoms. The second-order valence-electron chi connectivity index (χ2n) is 4.94. The lowest BCUT2D eigenvalue weighted by atomic mass is 10.2. The first-order chi connectivity index (χ1) is 9.58. The second-order valence-corrected chi connectivity index (χ2v) is 7.32. The van der Waals surface area contributed by atoms with Gasteiger partial charge < -0.3 is 0 Å². The number of thiazole rings is 1. The van der Waals surface area contributed by atoms with Crippen LogP contribution in [0.4, 0.5) is 0 Å². The van der Waals surface area contributed by atoms with Crippen molar-refractivity contribution in [2.45, 2.75) is 38.1 Å². The van der Waals surface area contributed by atoms with Crippen LogP contribution in [0, 0.1) is 20.8 Å². The fourth-order valence-corrected chi connectivity index (χ4v) is 3.78. The highest BCUT2D eigenvalue weighted by molar-refractivity contribution is 7.99. The number of nitrogens with two attached hydrogens (primary N) is 1. The molecular weight excluding hydrogens is 286 g/mol. The minimum absolute atomic E-state index is 0.242. The number of aromatic nitrogens is 1. The molecule has 0 aliphatic carbocycles. The summed E-state index contributed by atoms with van der Waals surface area (Å²) in [5, 5.41) is 1.16. The van der Waals surface area contributed by atoms with Gasteiger partial charge in [0, 0.05) is 28.0 Å². The van der Waals surface area contributed by atoms with Crippen LogP contribution in [0.25, 0.3) is 0 Å². The van der Waals surface area contributed by atoms with Crippen LogP contribution in [0.2, 0.25) is 0 Å². The molecule has 0 aliphatic heterocycles. The zero-order valence-corrected chi connectivity index (χ0v) is 13.8. The smallest absolute Gasteiger partial charge is 0.0947 e. The molecule has 1 aromatic carbocycles. The summed E-state index contributed by atoms with van der Waals surface area (Å²) in [5.41, 5.74) is 5.33. The van der Waals surface area contributed by atoms with Crippen molar-refractivity contribution in [3.8, 4) is 0 Å². The van der Waals surface area contributed by atoms with Crippen molar-refractivity contribution in [3.05, 3.63) is 45.4 Å². The van der Waals surface area contributed by atoms with Crippen molar-refractivity contribution < 1.29 is 0 Å². The monoisotopic (exact) mass is 307 g/mol. The normalized spacial score (nSPS) is 12.6. The summed E-state index contributed by atoms with van der Waals surface area (Å²) >= 11 is 3.59. The largest absolute Gasteiger partial charge is 0.271 e. The van der Waals surface area contributed by atoms with Gasteiger partial charge in [-0.05, 0) is 32.9 Å². The Balaban J connectivity index is 1.90. The minimum Gasteiger partial charge on any atom is -0.271 e. The third kappa shape index (κ3) is 4.31. The highest BCUT2D eigenvalue weighted by atomic mass is 32.2. The molecule has 3 N–H and O–H groups in total. The van der Waals surface area contributed by atoms with Gasteiger partial charge in [-0.1, -0.05) is 17.7 Å². The Morgan fingerprint density at radius 1 is 1.25 bits per heavy atom. The van der Waals surface area contributed by atoms with Crippen molar-refractivity contribution in [2.75, 3.05) is 5.75 Å². The first kappa shape index (κ1) is 15.5. The van der Waals surface area contributed by atoms with Gasteiger partial charge in [0.15, 0.2) is 0 Å². The Bertz CT molecular complexity index is 529. The van der Waals surface area contributed by atoms with E-state index in [0.29, 0.717) is 0 Å². The van der Waals surface area contributed by atoms with E-state index < -0.39 is 0 Å². The molecule has 0 saturated heterocycles. The highest BCUT2D eigenvalue weighted by Gasteiger charge is 2.12. The zero-order chi connectivity index (χ0) is 14.5. The van der Waals surface area contributed by atoms with Crippen LogP contribution in [-0.4, -0.2) is 16.8 Å². The maximum Gasteiger partial charge on any atom is 0.0947 e. The standard InChI is InChI=1S/C15H21N3S2/c1-10-4-6-14(7-5-10)19-9-13(18-16)8-15-17-11(2)12(3)20-15/h4-7,13,18H,8-9,16H2,1-3H3. The van der Waals surface area contributed by atoms with Gasteiger partial charge in [-0.25, -0.2) is 4.98 Å². The van der Waals surface area contributed by atoms with Gasteiger partial charge in [0.2, 0.25) is 0 Å². The summed E-state index contributed by atoms with van der Waals surface area (Å²) < 4.78 is 0. The molecule has 20 heavy (non-hydrogen) atoms. The van der Waals surface area contributed by atoms with Gasteiger partial charge >= 0.3 is 0 Å². The third-order valence-corrected chi connectivity index (χ3v) is 5.47. The van der Waals surface area contributed by atoms with Crippen molar-refractivity contribution >= 4 is 23.1 Å². The lowest BCUT2D eigenvalue weighted by molar-refractivity contribution is 0.574. The van der Waals surface area contributed by atoms with Crippen LogP contribution >= 0.6 is 23.1 Å². The summed E-state index contributed by atoms with van der Waals surface area (Å²) in [5.74, 6) is 6.61. The highest BCUT2D eigenvalue weighted by Crippen LogP contribution is 2.22. The molecule has 0 fully saturated rings. The van der Waals surface area contributed by atoms with Gasteiger partial charge in [-0.3, -0.25) is 11.3 Å². The van der Waals surface area contributed by atoms with Gasteiger partial charge in [0.25, 0.3) is 0 Å². The molecular formula is C15H21N3S2. The summed E-state index contributed by atoms with van der Waals surface area (Å²) in [6.07, 6.45) is 0.884. The van der Waals surface area contributed by atoms with E-state index in [2.05, 4.69) is 55.4 Å². The first-order valence-corrected chi connectivity index (χ1v) is 8.47. The quantitative estimate of drug-likeness (QED) is 0.489. The zero-order valence-electron chi connectivity index (χ0n) is 12.1. The molecule has 0 spiro atoms. The lowest BCUT2D eigenvalue weighted by Gasteiger charge is -2.14. The van der Waals surface area contributed by atoms with Gasteiger partial charge in [-0.2, -0.15) is 0 Å². The Morgan fingerprint density at radius 2 is 1.95 bits per heavy atom. The lowest BCUT2D eigenvalue weighted by Crippen LogP contribution is -2.38. The van der Waals surface area contributed by atoms with Crippen LogP contribution in [0.5, 0.6) is 0 Å². The van der Waals surface area contributed by atoms with Crippen LogP contribution in [0.15, 0.2) is 29.2 Å². The van der Waals surface area contributed by atoms with Crippen LogP contribution in [0.1, 0.15) is 21.1 Å². The van der Waals surface area contributed by atoms with E-state index in [1.165, 1.54) is 15.3 Å². The SMILES string of the molecule is Cc1ccc(SCC(Cc2nc(C)c(C)s2)NN)cc1. The molecule has 0 aliphatic rings. The fourth-order valence-electron chi connectivity index (χ4n) is 1.83. The summed E-state index contributed by atoms with van der Waals surface area (Å²) in [6.45, 7) is 6.27. The third-order valence-electron chi connectivity index (χ3n) is 3.20. The molecule has 0 radical (unpaired) electrons. The molecule has 3 nitrogen and oxygen atoms in total. The van der Waals surface area contributed by atoms with E-state index in [-0.39, 0.29) is 6.04 Å². The first-order valence-electron chi connectivity index (χ1n) is 6.67. The number of hydrogen-bond acceptors (Lipinski definition) is 5. The van der Waals surface area contributed by atoms with Gasteiger partial charge in [0.1, 0.15) is 0 Å². The van der Waals surface area contributed by atoms with E-state index in [1.54, 1.807) is 11.3 Å². The van der Waals surface area contributed by atoms with Gasteiger partial charge in [-0.15, -0.1) is 23.1 Å². The molecule has 0 amide bonds. The fraction of sp³-hybridized carbons (Fsp3) is 0.400. The number of nitrogens with zero attached hydrogens (tertiary/aromatic N) is 1. The Kier molecular flexibility index (Phi) is 5.60. The van der Waals surface area contributed by atoms with Crippen molar-refractivity contribution in [1.82, 2.24) is 10.4 Å². The molecule has 0 bridgehead atoms. The molecule has 108 valence electrons. The summed E-state index contributed by atoms with van der Waals surface area (Å²) in [6, 6.07) is 8.84. The van der Waals surface area contributed by atoms with Crippen LogP contribution in [0.3, 0.4) is 0 Å². The number of thioether (sulfide) groups is 1. The van der Waals surface area contributed by atoms with Gasteiger partial charge in [0.05, 0.1) is 10.7 Å². The molecule has 1 aromatic heterocycles. The van der Waals surface area contributed by atoms with Crippen LogP contribution in [-0.2, 0) is 6.42 Å². The number of nitrogens with one attached hydrogen (secondary N) is 1. The van der Waals surface area contributed by atoms with E-state index in [9.17, 15) is 0 Å². The number of hydrogen-bond donors (Lipinski definition) is 2. The predicted octanol–water partition coefficient (Wildman–Crippen LogP) is 3.24.